The summed E-state index contributed by atoms with van der Waals surface area (Å²) in [6, 6.07) is 14.6. The number of halogens is 2. The molecule has 0 aliphatic carbocycles. The van der Waals surface area contributed by atoms with Crippen LogP contribution in [0.4, 0.5) is 5.69 Å². The van der Waals surface area contributed by atoms with Gasteiger partial charge in [-0.15, -0.1) is 16.8 Å². The van der Waals surface area contributed by atoms with Gasteiger partial charge in [0.15, 0.2) is 11.0 Å². The van der Waals surface area contributed by atoms with Crippen LogP contribution < -0.4 is 10.1 Å². The van der Waals surface area contributed by atoms with Crippen LogP contribution in [0, 0.1) is 0 Å². The van der Waals surface area contributed by atoms with E-state index in [4.69, 9.17) is 16.3 Å². The maximum Gasteiger partial charge on any atom is 0.234 e. The topological polar surface area (TPSA) is 69.0 Å². The van der Waals surface area contributed by atoms with Gasteiger partial charge in [0, 0.05) is 11.0 Å². The van der Waals surface area contributed by atoms with Gasteiger partial charge in [-0.2, -0.15) is 0 Å². The zero-order chi connectivity index (χ0) is 20.6. The van der Waals surface area contributed by atoms with Gasteiger partial charge in [0.05, 0.1) is 16.5 Å². The predicted molar refractivity (Wildman–Crippen MR) is 119 cm³/mol. The van der Waals surface area contributed by atoms with Crippen LogP contribution in [0.15, 0.2) is 70.8 Å². The molecule has 0 unspecified atom stereocenters. The average molecular weight is 494 g/mol. The van der Waals surface area contributed by atoms with Crippen LogP contribution in [0.1, 0.15) is 5.82 Å². The Bertz CT molecular complexity index is 994. The van der Waals surface area contributed by atoms with E-state index in [0.717, 1.165) is 10.2 Å². The maximum atomic E-state index is 12.3. The van der Waals surface area contributed by atoms with E-state index in [1.54, 1.807) is 18.2 Å². The van der Waals surface area contributed by atoms with E-state index in [2.05, 4.69) is 38.0 Å². The second-order valence-corrected chi connectivity index (χ2v) is 8.12. The second kappa shape index (κ2) is 10.5. The highest BCUT2D eigenvalue weighted by molar-refractivity contribution is 9.10. The number of aromatic nitrogens is 3. The summed E-state index contributed by atoms with van der Waals surface area (Å²) in [5.74, 6) is 1.38. The molecule has 150 valence electrons. The smallest absolute Gasteiger partial charge is 0.234 e. The maximum absolute atomic E-state index is 12.3. The van der Waals surface area contributed by atoms with E-state index in [0.29, 0.717) is 28.2 Å². The second-order valence-electron chi connectivity index (χ2n) is 5.86. The Morgan fingerprint density at radius 3 is 2.72 bits per heavy atom. The van der Waals surface area contributed by atoms with Crippen LogP contribution in [0.25, 0.3) is 0 Å². The first-order valence-electron chi connectivity index (χ1n) is 8.65. The van der Waals surface area contributed by atoms with Gasteiger partial charge >= 0.3 is 0 Å². The van der Waals surface area contributed by atoms with Crippen molar-refractivity contribution in [1.82, 2.24) is 14.8 Å². The molecule has 3 aromatic rings. The number of amides is 1. The van der Waals surface area contributed by atoms with Crippen LogP contribution in [0.3, 0.4) is 0 Å². The summed E-state index contributed by atoms with van der Waals surface area (Å²) < 4.78 is 8.64. The van der Waals surface area contributed by atoms with Gasteiger partial charge in [-0.1, -0.05) is 57.5 Å². The van der Waals surface area contributed by atoms with Gasteiger partial charge in [-0.25, -0.2) is 0 Å². The Morgan fingerprint density at radius 1 is 1.24 bits per heavy atom. The Balaban J connectivity index is 1.61. The fourth-order valence-corrected chi connectivity index (χ4v) is 3.62. The van der Waals surface area contributed by atoms with Gasteiger partial charge in [-0.3, -0.25) is 9.36 Å². The monoisotopic (exact) mass is 492 g/mol. The van der Waals surface area contributed by atoms with E-state index >= 15 is 0 Å². The number of nitrogens with zero attached hydrogens (tertiary/aromatic N) is 3. The van der Waals surface area contributed by atoms with Crippen molar-refractivity contribution in [3.8, 4) is 5.75 Å². The molecule has 0 radical (unpaired) electrons. The molecule has 1 aromatic heterocycles. The highest BCUT2D eigenvalue weighted by atomic mass is 79.9. The van der Waals surface area contributed by atoms with Crippen LogP contribution in [-0.4, -0.2) is 26.4 Å². The number of carbonyl (C=O) groups excluding carboxylic acids is 1. The first-order valence-corrected chi connectivity index (χ1v) is 10.8. The predicted octanol–water partition coefficient (Wildman–Crippen LogP) is 5.19. The molecule has 0 saturated heterocycles. The molecule has 2 aromatic carbocycles. The summed E-state index contributed by atoms with van der Waals surface area (Å²) in [7, 11) is 0. The van der Waals surface area contributed by atoms with Gasteiger partial charge in [0.25, 0.3) is 0 Å². The lowest BCUT2D eigenvalue weighted by atomic mass is 10.3. The fraction of sp³-hybridized carbons (Fsp3) is 0.150. The molecule has 1 N–H and O–H groups in total. The molecular formula is C20H18BrClN4O2S. The molecule has 0 fully saturated rings. The molecule has 0 bridgehead atoms. The molecule has 0 aliphatic heterocycles. The first kappa shape index (κ1) is 21.4. The van der Waals surface area contributed by atoms with Gasteiger partial charge in [-0.05, 0) is 36.4 Å². The Hall–Kier alpha value is -2.29. The van der Waals surface area contributed by atoms with Gasteiger partial charge in [0.2, 0.25) is 5.91 Å². The van der Waals surface area contributed by atoms with Gasteiger partial charge in [0.1, 0.15) is 12.4 Å². The first-order chi connectivity index (χ1) is 14.1. The van der Waals surface area contributed by atoms with Crippen molar-refractivity contribution in [2.24, 2.45) is 0 Å². The highest BCUT2D eigenvalue weighted by Crippen LogP contribution is 2.23. The number of hydrogen-bond acceptors (Lipinski definition) is 5. The van der Waals surface area contributed by atoms with Crippen LogP contribution >= 0.6 is 39.3 Å². The van der Waals surface area contributed by atoms with E-state index in [1.807, 2.05) is 41.0 Å². The number of thioether (sulfide) groups is 1. The van der Waals surface area contributed by atoms with E-state index in [-0.39, 0.29) is 18.3 Å². The number of carbonyl (C=O) groups is 1. The molecular weight excluding hydrogens is 476 g/mol. The third-order valence-electron chi connectivity index (χ3n) is 3.77. The van der Waals surface area contributed by atoms with Crippen molar-refractivity contribution in [1.29, 1.82) is 0 Å². The Morgan fingerprint density at radius 2 is 2.00 bits per heavy atom. The van der Waals surface area contributed by atoms with Crippen molar-refractivity contribution in [2.75, 3.05) is 11.1 Å². The third-order valence-corrected chi connectivity index (χ3v) is 5.59. The van der Waals surface area contributed by atoms with Crippen LogP contribution in [0.5, 0.6) is 5.75 Å². The minimum atomic E-state index is -0.177. The summed E-state index contributed by atoms with van der Waals surface area (Å²) in [5.41, 5.74) is 0.580. The summed E-state index contributed by atoms with van der Waals surface area (Å²) in [5, 5.41) is 12.3. The zero-order valence-corrected chi connectivity index (χ0v) is 18.5. The SMILES string of the molecule is C=CCn1c(COc2ccc(Br)cc2)nnc1SCC(=O)Nc1ccccc1Cl. The third kappa shape index (κ3) is 6.09. The number of hydrogen-bond donors (Lipinski definition) is 1. The molecule has 0 spiro atoms. The molecule has 9 heteroatoms. The standard InChI is InChI=1S/C20H18BrClN4O2S/c1-2-11-26-18(12-28-15-9-7-14(21)8-10-15)24-25-20(26)29-13-19(27)23-17-6-4-3-5-16(17)22/h2-10H,1,11-13H2,(H,23,27). The number of nitrogens with one attached hydrogen (secondary N) is 1. The summed E-state index contributed by atoms with van der Waals surface area (Å²) in [4.78, 5) is 12.3. The minimum Gasteiger partial charge on any atom is -0.486 e. The van der Waals surface area contributed by atoms with Crippen molar-refractivity contribution in [3.05, 3.63) is 76.5 Å². The molecule has 0 saturated carbocycles. The van der Waals surface area contributed by atoms with Crippen molar-refractivity contribution in [3.63, 3.8) is 0 Å². The zero-order valence-electron chi connectivity index (χ0n) is 15.3. The number of allylic oxidation sites excluding steroid dienone is 1. The van der Waals surface area contributed by atoms with Crippen molar-refractivity contribution < 1.29 is 9.53 Å². The van der Waals surface area contributed by atoms with E-state index in [9.17, 15) is 4.79 Å². The summed E-state index contributed by atoms with van der Waals surface area (Å²) in [6.07, 6.45) is 1.75. The number of para-hydroxylation sites is 1. The molecule has 0 atom stereocenters. The summed E-state index contributed by atoms with van der Waals surface area (Å²) >= 11 is 10.8. The van der Waals surface area contributed by atoms with Crippen LogP contribution in [0.2, 0.25) is 5.02 Å². The Kier molecular flexibility index (Phi) is 7.74. The Labute approximate surface area is 186 Å². The number of rotatable bonds is 9. The average Bonchev–Trinajstić information content (AvgIpc) is 3.10. The molecule has 6 nitrogen and oxygen atoms in total. The van der Waals surface area contributed by atoms with E-state index < -0.39 is 0 Å². The molecule has 1 heterocycles. The van der Waals surface area contributed by atoms with Gasteiger partial charge < -0.3 is 10.1 Å². The largest absolute Gasteiger partial charge is 0.486 e. The van der Waals surface area contributed by atoms with Crippen molar-refractivity contribution in [2.45, 2.75) is 18.3 Å². The minimum absolute atomic E-state index is 0.175. The highest BCUT2D eigenvalue weighted by Gasteiger charge is 2.14. The molecule has 0 aliphatic rings. The number of ether oxygens (including phenoxy) is 1. The lowest BCUT2D eigenvalue weighted by Gasteiger charge is -2.10. The number of benzene rings is 2. The molecule has 1 amide bonds. The summed E-state index contributed by atoms with van der Waals surface area (Å²) in [6.45, 7) is 4.55. The lowest BCUT2D eigenvalue weighted by molar-refractivity contribution is -0.113. The van der Waals surface area contributed by atoms with Crippen molar-refractivity contribution >= 4 is 50.9 Å². The fourth-order valence-electron chi connectivity index (χ4n) is 2.40. The molecule has 3 rings (SSSR count). The number of anilines is 1. The normalized spacial score (nSPS) is 10.6. The van der Waals surface area contributed by atoms with E-state index in [1.165, 1.54) is 11.8 Å². The quantitative estimate of drug-likeness (QED) is 0.328. The lowest BCUT2D eigenvalue weighted by Crippen LogP contribution is -2.15. The molecule has 29 heavy (non-hydrogen) atoms. The van der Waals surface area contributed by atoms with Crippen LogP contribution in [-0.2, 0) is 17.9 Å².